The first-order chi connectivity index (χ1) is 12.9. The van der Waals surface area contributed by atoms with E-state index in [2.05, 4.69) is 10.3 Å². The normalized spacial score (nSPS) is 13.1. The fourth-order valence-electron chi connectivity index (χ4n) is 2.21. The highest BCUT2D eigenvalue weighted by Gasteiger charge is 2.20. The average Bonchev–Trinajstić information content (AvgIpc) is 2.51. The van der Waals surface area contributed by atoms with Crippen molar-refractivity contribution in [3.05, 3.63) is 42.0 Å². The molecule has 1 aromatic rings. The molecule has 2 amide bonds. The zero-order valence-corrected chi connectivity index (χ0v) is 18.0. The Kier molecular flexibility index (Phi) is 8.41. The van der Waals surface area contributed by atoms with Crippen LogP contribution >= 0.6 is 0 Å². The van der Waals surface area contributed by atoms with Gasteiger partial charge < -0.3 is 9.47 Å². The van der Waals surface area contributed by atoms with Gasteiger partial charge in [0.1, 0.15) is 17.0 Å². The van der Waals surface area contributed by atoms with Gasteiger partial charge >= 0.3 is 12.2 Å². The van der Waals surface area contributed by atoms with Crippen LogP contribution in [0.1, 0.15) is 66.9 Å². The number of alkyl carbamates (subject to hydrolysis) is 1. The number of allylic oxidation sites excluding steroid dienone is 2. The molecule has 1 rings (SSSR count). The second-order valence-corrected chi connectivity index (χ2v) is 8.46. The SMILES string of the molecule is C/C(=C\CC/C(=N\C(=O)OC(C)(C)C)NC(=O)OC(C)(C)C)c1ccccc1. The molecule has 0 bridgehead atoms. The Balaban J connectivity index is 2.85. The number of hydrogen-bond acceptors (Lipinski definition) is 4. The third-order valence-corrected chi connectivity index (χ3v) is 3.33. The van der Waals surface area contributed by atoms with Crippen molar-refractivity contribution < 1.29 is 19.1 Å². The van der Waals surface area contributed by atoms with Crippen molar-refractivity contribution in [2.24, 2.45) is 4.99 Å². The number of carbonyl (C=O) groups is 2. The number of nitrogens with zero attached hydrogens (tertiary/aromatic N) is 1. The van der Waals surface area contributed by atoms with Gasteiger partial charge in [0.15, 0.2) is 0 Å². The predicted octanol–water partition coefficient (Wildman–Crippen LogP) is 5.73. The summed E-state index contributed by atoms with van der Waals surface area (Å²) in [5.41, 5.74) is 0.912. The van der Waals surface area contributed by atoms with Gasteiger partial charge in [-0.15, -0.1) is 0 Å². The van der Waals surface area contributed by atoms with Gasteiger partial charge in [0.05, 0.1) is 0 Å². The van der Waals surface area contributed by atoms with Crippen LogP contribution in [-0.2, 0) is 9.47 Å². The summed E-state index contributed by atoms with van der Waals surface area (Å²) in [7, 11) is 0. The van der Waals surface area contributed by atoms with E-state index in [4.69, 9.17) is 9.47 Å². The number of benzene rings is 1. The van der Waals surface area contributed by atoms with Crippen LogP contribution in [0.2, 0.25) is 0 Å². The zero-order chi connectivity index (χ0) is 21.4. The first-order valence-electron chi connectivity index (χ1n) is 9.38. The smallest absolute Gasteiger partial charge is 0.435 e. The van der Waals surface area contributed by atoms with Crippen molar-refractivity contribution in [1.29, 1.82) is 0 Å². The molecular formula is C22H32N2O4. The summed E-state index contributed by atoms with van der Waals surface area (Å²) in [6, 6.07) is 9.98. The van der Waals surface area contributed by atoms with E-state index in [-0.39, 0.29) is 5.84 Å². The molecule has 0 spiro atoms. The highest BCUT2D eigenvalue weighted by molar-refractivity contribution is 6.00. The highest BCUT2D eigenvalue weighted by atomic mass is 16.6. The lowest BCUT2D eigenvalue weighted by molar-refractivity contribution is 0.0561. The van der Waals surface area contributed by atoms with Crippen molar-refractivity contribution in [2.45, 2.75) is 72.5 Å². The number of nitrogens with one attached hydrogen (secondary N) is 1. The number of carbonyl (C=O) groups excluding carboxylic acids is 2. The standard InChI is InChI=1S/C22H32N2O4/c1-16(17-13-9-8-10-14-17)12-11-15-18(23-19(25)27-21(2,3)4)24-20(26)28-22(5,6)7/h8-10,12-14H,11,15H2,1-7H3,(H,23,24,25,26)/b16-12+. The van der Waals surface area contributed by atoms with E-state index in [1.807, 2.05) is 43.3 Å². The molecule has 0 radical (unpaired) electrons. The van der Waals surface area contributed by atoms with Crippen molar-refractivity contribution in [3.63, 3.8) is 0 Å². The Morgan fingerprint density at radius 3 is 2.11 bits per heavy atom. The van der Waals surface area contributed by atoms with Gasteiger partial charge in [0, 0.05) is 6.42 Å². The Hall–Kier alpha value is -2.63. The van der Waals surface area contributed by atoms with E-state index in [0.717, 1.165) is 11.1 Å². The third kappa shape index (κ3) is 10.5. The molecule has 1 aromatic carbocycles. The van der Waals surface area contributed by atoms with Gasteiger partial charge in [-0.3, -0.25) is 5.32 Å². The number of hydrogen-bond donors (Lipinski definition) is 1. The van der Waals surface area contributed by atoms with Gasteiger partial charge in [-0.05, 0) is 66.0 Å². The van der Waals surface area contributed by atoms with Crippen LogP contribution in [0.5, 0.6) is 0 Å². The maximum Gasteiger partial charge on any atom is 0.435 e. The molecule has 0 atom stereocenters. The summed E-state index contributed by atoms with van der Waals surface area (Å²) in [5, 5.41) is 2.56. The fourth-order valence-corrected chi connectivity index (χ4v) is 2.21. The van der Waals surface area contributed by atoms with E-state index >= 15 is 0 Å². The first kappa shape index (κ1) is 23.4. The lowest BCUT2D eigenvalue weighted by atomic mass is 10.1. The number of amides is 2. The molecule has 0 fully saturated rings. The van der Waals surface area contributed by atoms with E-state index in [1.54, 1.807) is 41.5 Å². The largest absolute Gasteiger partial charge is 0.444 e. The molecule has 0 heterocycles. The van der Waals surface area contributed by atoms with Crippen LogP contribution in [0.15, 0.2) is 41.4 Å². The van der Waals surface area contributed by atoms with Crippen LogP contribution < -0.4 is 5.32 Å². The fraction of sp³-hybridized carbons (Fsp3) is 0.500. The molecule has 1 N–H and O–H groups in total. The maximum atomic E-state index is 12.1. The molecule has 0 aliphatic rings. The lowest BCUT2D eigenvalue weighted by Crippen LogP contribution is -2.37. The molecule has 0 saturated carbocycles. The van der Waals surface area contributed by atoms with Gasteiger partial charge in [-0.2, -0.15) is 4.99 Å². The second-order valence-electron chi connectivity index (χ2n) is 8.46. The molecule has 6 heteroatoms. The molecular weight excluding hydrogens is 356 g/mol. The first-order valence-corrected chi connectivity index (χ1v) is 9.38. The van der Waals surface area contributed by atoms with Gasteiger partial charge in [0.2, 0.25) is 0 Å². The van der Waals surface area contributed by atoms with E-state index in [0.29, 0.717) is 12.8 Å². The van der Waals surface area contributed by atoms with E-state index in [9.17, 15) is 9.59 Å². The summed E-state index contributed by atoms with van der Waals surface area (Å²) in [6.07, 6.45) is 1.60. The molecule has 154 valence electrons. The van der Waals surface area contributed by atoms with Crippen LogP contribution in [0.4, 0.5) is 9.59 Å². The number of aliphatic imine (C=N–C) groups is 1. The monoisotopic (exact) mass is 388 g/mol. The summed E-state index contributed by atoms with van der Waals surface area (Å²) < 4.78 is 10.5. The Morgan fingerprint density at radius 2 is 1.57 bits per heavy atom. The zero-order valence-electron chi connectivity index (χ0n) is 18.0. The minimum absolute atomic E-state index is 0.209. The summed E-state index contributed by atoms with van der Waals surface area (Å²) in [4.78, 5) is 28.0. The van der Waals surface area contributed by atoms with Crippen LogP contribution in [-0.4, -0.2) is 29.2 Å². The molecule has 28 heavy (non-hydrogen) atoms. The lowest BCUT2D eigenvalue weighted by Gasteiger charge is -2.20. The third-order valence-electron chi connectivity index (χ3n) is 3.33. The summed E-state index contributed by atoms with van der Waals surface area (Å²) in [6.45, 7) is 12.6. The van der Waals surface area contributed by atoms with Gasteiger partial charge in [-0.25, -0.2) is 9.59 Å². The van der Waals surface area contributed by atoms with Gasteiger partial charge in [-0.1, -0.05) is 36.4 Å². The van der Waals surface area contributed by atoms with Crippen molar-refractivity contribution in [3.8, 4) is 0 Å². The molecule has 0 unspecified atom stereocenters. The Bertz CT molecular complexity index is 723. The Labute approximate surface area is 168 Å². The molecule has 0 aliphatic carbocycles. The molecule has 0 aliphatic heterocycles. The minimum atomic E-state index is -0.748. The van der Waals surface area contributed by atoms with Crippen LogP contribution in [0, 0.1) is 0 Å². The average molecular weight is 389 g/mol. The van der Waals surface area contributed by atoms with Crippen LogP contribution in [0.3, 0.4) is 0 Å². The van der Waals surface area contributed by atoms with Crippen molar-refractivity contribution >= 4 is 23.6 Å². The van der Waals surface area contributed by atoms with E-state index in [1.165, 1.54) is 0 Å². The maximum absolute atomic E-state index is 12.1. The van der Waals surface area contributed by atoms with E-state index < -0.39 is 23.4 Å². The van der Waals surface area contributed by atoms with Crippen LogP contribution in [0.25, 0.3) is 5.57 Å². The van der Waals surface area contributed by atoms with Crippen molar-refractivity contribution in [1.82, 2.24) is 5.32 Å². The topological polar surface area (TPSA) is 77.0 Å². The van der Waals surface area contributed by atoms with Gasteiger partial charge in [0.25, 0.3) is 0 Å². The quantitative estimate of drug-likeness (QED) is 0.528. The molecule has 0 saturated heterocycles. The predicted molar refractivity (Wildman–Crippen MR) is 112 cm³/mol. The summed E-state index contributed by atoms with van der Waals surface area (Å²) >= 11 is 0. The highest BCUT2D eigenvalue weighted by Crippen LogP contribution is 2.15. The Morgan fingerprint density at radius 1 is 1.00 bits per heavy atom. The van der Waals surface area contributed by atoms with Crippen molar-refractivity contribution in [2.75, 3.05) is 0 Å². The minimum Gasteiger partial charge on any atom is -0.444 e. The molecule has 6 nitrogen and oxygen atoms in total. The number of amidine groups is 1. The number of ether oxygens (including phenoxy) is 2. The number of rotatable bonds is 4. The molecule has 0 aromatic heterocycles. The summed E-state index contributed by atoms with van der Waals surface area (Å²) in [5.74, 6) is 0.209. The second kappa shape index (κ2) is 10.1.